The van der Waals surface area contributed by atoms with E-state index in [1.54, 1.807) is 17.0 Å². The molecule has 1 aliphatic carbocycles. The zero-order valence-electron chi connectivity index (χ0n) is 12.7. The molecular weight excluding hydrogens is 282 g/mol. The van der Waals surface area contributed by atoms with Crippen LogP contribution in [0.2, 0.25) is 0 Å². The Morgan fingerprint density at radius 3 is 2.64 bits per heavy atom. The maximum atomic E-state index is 12.2. The van der Waals surface area contributed by atoms with E-state index in [0.29, 0.717) is 43.6 Å². The van der Waals surface area contributed by atoms with Gasteiger partial charge in [-0.25, -0.2) is 4.79 Å². The molecule has 1 aromatic rings. The first-order valence-corrected chi connectivity index (χ1v) is 7.68. The second-order valence-corrected chi connectivity index (χ2v) is 5.81. The monoisotopic (exact) mass is 303 g/mol. The van der Waals surface area contributed by atoms with Crippen molar-refractivity contribution < 1.29 is 14.3 Å². The Bertz CT molecular complexity index is 578. The molecule has 1 saturated carbocycles. The van der Waals surface area contributed by atoms with Crippen LogP contribution in [-0.4, -0.2) is 49.2 Å². The van der Waals surface area contributed by atoms with Gasteiger partial charge in [0.15, 0.2) is 0 Å². The number of nitrogens with one attached hydrogen (secondary N) is 2. The van der Waals surface area contributed by atoms with E-state index >= 15 is 0 Å². The zero-order valence-corrected chi connectivity index (χ0v) is 12.7. The number of morpholine rings is 1. The predicted octanol–water partition coefficient (Wildman–Crippen LogP) is 1.75. The molecule has 1 aromatic carbocycles. The molecule has 118 valence electrons. The smallest absolute Gasteiger partial charge is 0.322 e. The largest absolute Gasteiger partial charge is 0.378 e. The van der Waals surface area contributed by atoms with Crippen LogP contribution in [0.4, 0.5) is 10.5 Å². The summed E-state index contributed by atoms with van der Waals surface area (Å²) in [7, 11) is 0. The topological polar surface area (TPSA) is 70.7 Å². The minimum absolute atomic E-state index is 0.0793. The van der Waals surface area contributed by atoms with Crippen LogP contribution in [0.15, 0.2) is 18.2 Å². The van der Waals surface area contributed by atoms with Gasteiger partial charge >= 0.3 is 6.03 Å². The SMILES string of the molecule is Cc1ccc(C(=O)NC2CC2)cc1NC(=O)N1CCOCC1. The van der Waals surface area contributed by atoms with Crippen LogP contribution in [0.5, 0.6) is 0 Å². The highest BCUT2D eigenvalue weighted by Gasteiger charge is 2.24. The number of carbonyl (C=O) groups is 2. The van der Waals surface area contributed by atoms with Crippen molar-refractivity contribution in [2.45, 2.75) is 25.8 Å². The molecule has 3 rings (SSSR count). The molecule has 6 heteroatoms. The summed E-state index contributed by atoms with van der Waals surface area (Å²) < 4.78 is 5.24. The number of hydrogen-bond donors (Lipinski definition) is 2. The number of amides is 3. The van der Waals surface area contributed by atoms with Crippen molar-refractivity contribution in [1.29, 1.82) is 0 Å². The second kappa shape index (κ2) is 6.36. The summed E-state index contributed by atoms with van der Waals surface area (Å²) in [4.78, 5) is 26.1. The van der Waals surface area contributed by atoms with E-state index in [-0.39, 0.29) is 11.9 Å². The Labute approximate surface area is 129 Å². The summed E-state index contributed by atoms with van der Waals surface area (Å²) in [5.41, 5.74) is 2.19. The van der Waals surface area contributed by atoms with E-state index in [0.717, 1.165) is 18.4 Å². The average molecular weight is 303 g/mol. The van der Waals surface area contributed by atoms with Gasteiger partial charge < -0.3 is 20.3 Å². The Morgan fingerprint density at radius 1 is 1.23 bits per heavy atom. The van der Waals surface area contributed by atoms with Gasteiger partial charge in [0.2, 0.25) is 0 Å². The lowest BCUT2D eigenvalue weighted by Gasteiger charge is -2.27. The lowest BCUT2D eigenvalue weighted by molar-refractivity contribution is 0.0564. The highest BCUT2D eigenvalue weighted by molar-refractivity contribution is 5.97. The third-order valence-corrected chi connectivity index (χ3v) is 3.95. The van der Waals surface area contributed by atoms with Crippen LogP contribution in [-0.2, 0) is 4.74 Å². The molecule has 2 fully saturated rings. The van der Waals surface area contributed by atoms with Crippen molar-refractivity contribution in [3.63, 3.8) is 0 Å². The molecule has 22 heavy (non-hydrogen) atoms. The van der Waals surface area contributed by atoms with Gasteiger partial charge in [-0.2, -0.15) is 0 Å². The summed E-state index contributed by atoms with van der Waals surface area (Å²) in [6, 6.07) is 5.56. The highest BCUT2D eigenvalue weighted by atomic mass is 16.5. The van der Waals surface area contributed by atoms with Crippen molar-refractivity contribution in [3.05, 3.63) is 29.3 Å². The van der Waals surface area contributed by atoms with E-state index < -0.39 is 0 Å². The number of urea groups is 1. The zero-order chi connectivity index (χ0) is 15.5. The van der Waals surface area contributed by atoms with Crippen molar-refractivity contribution in [1.82, 2.24) is 10.2 Å². The first-order valence-electron chi connectivity index (χ1n) is 7.68. The van der Waals surface area contributed by atoms with Gasteiger partial charge in [0.25, 0.3) is 5.91 Å². The predicted molar refractivity (Wildman–Crippen MR) is 83.1 cm³/mol. The molecule has 1 saturated heterocycles. The number of aryl methyl sites for hydroxylation is 1. The molecule has 0 spiro atoms. The molecule has 2 aliphatic rings. The van der Waals surface area contributed by atoms with E-state index in [9.17, 15) is 9.59 Å². The Balaban J connectivity index is 1.68. The molecule has 2 N–H and O–H groups in total. The summed E-state index contributed by atoms with van der Waals surface area (Å²) in [6.45, 7) is 4.23. The van der Waals surface area contributed by atoms with Gasteiger partial charge in [-0.1, -0.05) is 6.07 Å². The Kier molecular flexibility index (Phi) is 4.29. The molecule has 6 nitrogen and oxygen atoms in total. The minimum atomic E-state index is -0.147. The molecule has 3 amide bonds. The van der Waals surface area contributed by atoms with Crippen LogP contribution in [0, 0.1) is 6.92 Å². The van der Waals surface area contributed by atoms with Crippen LogP contribution < -0.4 is 10.6 Å². The number of hydrogen-bond acceptors (Lipinski definition) is 3. The molecule has 1 aliphatic heterocycles. The van der Waals surface area contributed by atoms with Gasteiger partial charge in [-0.05, 0) is 37.5 Å². The molecule has 1 heterocycles. The maximum absolute atomic E-state index is 12.2. The summed E-state index contributed by atoms with van der Waals surface area (Å²) in [5, 5.41) is 5.85. The lowest BCUT2D eigenvalue weighted by atomic mass is 10.1. The fraction of sp³-hybridized carbons (Fsp3) is 0.500. The standard InChI is InChI=1S/C16H21N3O3/c1-11-2-3-12(15(20)17-13-4-5-13)10-14(11)18-16(21)19-6-8-22-9-7-19/h2-3,10,13H,4-9H2,1H3,(H,17,20)(H,18,21). The number of nitrogens with zero attached hydrogens (tertiary/aromatic N) is 1. The van der Waals surface area contributed by atoms with Gasteiger partial charge in [-0.3, -0.25) is 4.79 Å². The minimum Gasteiger partial charge on any atom is -0.378 e. The van der Waals surface area contributed by atoms with Crippen LogP contribution >= 0.6 is 0 Å². The lowest BCUT2D eigenvalue weighted by Crippen LogP contribution is -2.43. The molecule has 0 radical (unpaired) electrons. The van der Waals surface area contributed by atoms with Gasteiger partial charge in [-0.15, -0.1) is 0 Å². The Morgan fingerprint density at radius 2 is 1.95 bits per heavy atom. The summed E-state index contributed by atoms with van der Waals surface area (Å²) >= 11 is 0. The average Bonchev–Trinajstić information content (AvgIpc) is 3.34. The highest BCUT2D eigenvalue weighted by Crippen LogP contribution is 2.21. The number of carbonyl (C=O) groups excluding carboxylic acids is 2. The van der Waals surface area contributed by atoms with E-state index in [2.05, 4.69) is 10.6 Å². The summed E-state index contributed by atoms with van der Waals surface area (Å²) in [5.74, 6) is -0.0793. The molecule has 0 atom stereocenters. The van der Waals surface area contributed by atoms with Gasteiger partial charge in [0.1, 0.15) is 0 Å². The van der Waals surface area contributed by atoms with Crippen LogP contribution in [0.25, 0.3) is 0 Å². The summed E-state index contributed by atoms with van der Waals surface area (Å²) in [6.07, 6.45) is 2.11. The first-order chi connectivity index (χ1) is 10.6. The molecular formula is C16H21N3O3. The third kappa shape index (κ3) is 3.57. The van der Waals surface area contributed by atoms with E-state index in [1.165, 1.54) is 0 Å². The fourth-order valence-corrected chi connectivity index (χ4v) is 2.36. The van der Waals surface area contributed by atoms with Gasteiger partial charge in [0, 0.05) is 30.4 Å². The normalized spacial score (nSPS) is 18.0. The third-order valence-electron chi connectivity index (χ3n) is 3.95. The molecule has 0 unspecified atom stereocenters. The fourth-order valence-electron chi connectivity index (χ4n) is 2.36. The van der Waals surface area contributed by atoms with Crippen molar-refractivity contribution >= 4 is 17.6 Å². The van der Waals surface area contributed by atoms with Crippen LogP contribution in [0.3, 0.4) is 0 Å². The quantitative estimate of drug-likeness (QED) is 0.893. The van der Waals surface area contributed by atoms with Crippen molar-refractivity contribution in [2.75, 3.05) is 31.6 Å². The Hall–Kier alpha value is -2.08. The molecule has 0 aromatic heterocycles. The van der Waals surface area contributed by atoms with E-state index in [4.69, 9.17) is 4.74 Å². The van der Waals surface area contributed by atoms with Crippen LogP contribution in [0.1, 0.15) is 28.8 Å². The number of benzene rings is 1. The van der Waals surface area contributed by atoms with Crippen molar-refractivity contribution in [2.24, 2.45) is 0 Å². The second-order valence-electron chi connectivity index (χ2n) is 5.81. The van der Waals surface area contributed by atoms with E-state index in [1.807, 2.05) is 13.0 Å². The first kappa shape index (κ1) is 14.8. The number of anilines is 1. The maximum Gasteiger partial charge on any atom is 0.322 e. The number of ether oxygens (including phenoxy) is 1. The molecule has 0 bridgehead atoms. The van der Waals surface area contributed by atoms with Gasteiger partial charge in [0.05, 0.1) is 13.2 Å². The number of rotatable bonds is 3. The van der Waals surface area contributed by atoms with Crippen molar-refractivity contribution in [3.8, 4) is 0 Å².